The Morgan fingerprint density at radius 1 is 0.929 bits per heavy atom. The van der Waals surface area contributed by atoms with Crippen LogP contribution in [0, 0.1) is 11.6 Å². The van der Waals surface area contributed by atoms with Crippen molar-refractivity contribution in [2.45, 2.75) is 31.1 Å². The average molecular weight is 379 g/mol. The second kappa shape index (κ2) is 6.12. The Kier molecular flexibility index (Phi) is 3.68. The Morgan fingerprint density at radius 2 is 1.61 bits per heavy atom. The number of nitrogens with zero attached hydrogens (tertiary/aromatic N) is 5. The van der Waals surface area contributed by atoms with Crippen molar-refractivity contribution in [1.82, 2.24) is 19.9 Å². The highest BCUT2D eigenvalue weighted by Gasteiger charge is 2.53. The molecule has 2 aliphatic rings. The molecule has 1 aliphatic heterocycles. The molecule has 0 radical (unpaired) electrons. The van der Waals surface area contributed by atoms with Crippen LogP contribution in [-0.2, 0) is 10.2 Å². The van der Waals surface area contributed by atoms with Crippen molar-refractivity contribution >= 4 is 17.4 Å². The minimum absolute atomic E-state index is 0.0475. The van der Waals surface area contributed by atoms with Gasteiger partial charge in [-0.15, -0.1) is 0 Å². The minimum Gasteiger partial charge on any atom is -0.273 e. The predicted octanol–water partition coefficient (Wildman–Crippen LogP) is 3.70. The normalized spacial score (nSPS) is 17.4. The molecular weight excluding hydrogens is 364 g/mol. The molecule has 0 unspecified atom stereocenters. The summed E-state index contributed by atoms with van der Waals surface area (Å²) in [6, 6.07) is 3.11. The summed E-state index contributed by atoms with van der Waals surface area (Å²) in [5, 5.41) is 0. The fourth-order valence-corrected chi connectivity index (χ4v) is 4.23. The largest absolute Gasteiger partial charge is 0.273 e. The highest BCUT2D eigenvalue weighted by atomic mass is 19.1. The quantitative estimate of drug-likeness (QED) is 0.679. The first-order valence-electron chi connectivity index (χ1n) is 9.02. The van der Waals surface area contributed by atoms with Crippen molar-refractivity contribution in [3.05, 3.63) is 60.3 Å². The molecule has 5 rings (SSSR count). The van der Waals surface area contributed by atoms with Crippen LogP contribution in [0.15, 0.2) is 43.1 Å². The zero-order valence-electron chi connectivity index (χ0n) is 14.8. The molecule has 1 saturated carbocycles. The molecule has 1 amide bonds. The summed E-state index contributed by atoms with van der Waals surface area (Å²) in [4.78, 5) is 31.7. The van der Waals surface area contributed by atoms with Crippen LogP contribution in [-0.4, -0.2) is 25.8 Å². The second-order valence-electron chi connectivity index (χ2n) is 7.11. The molecular formula is C20H15F2N5O. The van der Waals surface area contributed by atoms with Crippen LogP contribution in [0.2, 0.25) is 0 Å². The third kappa shape index (κ3) is 2.41. The van der Waals surface area contributed by atoms with Crippen molar-refractivity contribution in [3.63, 3.8) is 0 Å². The van der Waals surface area contributed by atoms with Crippen LogP contribution in [0.3, 0.4) is 0 Å². The summed E-state index contributed by atoms with van der Waals surface area (Å²) in [5.74, 6) is -0.728. The van der Waals surface area contributed by atoms with Gasteiger partial charge < -0.3 is 0 Å². The van der Waals surface area contributed by atoms with Gasteiger partial charge in [0.2, 0.25) is 5.91 Å². The maximum Gasteiger partial charge on any atom is 0.243 e. The van der Waals surface area contributed by atoms with Crippen molar-refractivity contribution in [2.24, 2.45) is 0 Å². The Bertz CT molecular complexity index is 1060. The van der Waals surface area contributed by atoms with E-state index in [2.05, 4.69) is 19.9 Å². The number of benzene rings is 1. The Balaban J connectivity index is 1.55. The summed E-state index contributed by atoms with van der Waals surface area (Å²) >= 11 is 0. The number of halogens is 2. The van der Waals surface area contributed by atoms with E-state index in [9.17, 15) is 13.6 Å². The van der Waals surface area contributed by atoms with Crippen molar-refractivity contribution in [2.75, 3.05) is 4.90 Å². The van der Waals surface area contributed by atoms with Gasteiger partial charge in [-0.2, -0.15) is 0 Å². The molecule has 1 aromatic carbocycles. The summed E-state index contributed by atoms with van der Waals surface area (Å²) in [6.07, 6.45) is 9.58. The van der Waals surface area contributed by atoms with Crippen LogP contribution >= 0.6 is 0 Å². The van der Waals surface area contributed by atoms with E-state index in [0.29, 0.717) is 11.5 Å². The lowest BCUT2D eigenvalue weighted by Crippen LogP contribution is -2.36. The molecule has 0 atom stereocenters. The highest BCUT2D eigenvalue weighted by molar-refractivity contribution is 6.12. The van der Waals surface area contributed by atoms with E-state index in [0.717, 1.165) is 49.4 Å². The van der Waals surface area contributed by atoms with Crippen LogP contribution in [0.5, 0.6) is 0 Å². The number of amides is 1. The van der Waals surface area contributed by atoms with E-state index in [1.54, 1.807) is 6.20 Å². The van der Waals surface area contributed by atoms with Gasteiger partial charge in [-0.25, -0.2) is 28.7 Å². The maximum absolute atomic E-state index is 13.5. The Morgan fingerprint density at radius 3 is 2.29 bits per heavy atom. The molecule has 140 valence electrons. The fourth-order valence-electron chi connectivity index (χ4n) is 4.23. The van der Waals surface area contributed by atoms with E-state index in [-0.39, 0.29) is 17.3 Å². The van der Waals surface area contributed by atoms with Gasteiger partial charge in [0, 0.05) is 23.4 Å². The zero-order chi connectivity index (χ0) is 19.3. The van der Waals surface area contributed by atoms with Gasteiger partial charge in [-0.3, -0.25) is 9.69 Å². The van der Waals surface area contributed by atoms with Crippen LogP contribution in [0.4, 0.5) is 20.3 Å². The molecule has 2 aromatic heterocycles. The number of hydrogen-bond donors (Lipinski definition) is 0. The first kappa shape index (κ1) is 16.9. The number of rotatable bonds is 2. The van der Waals surface area contributed by atoms with Gasteiger partial charge >= 0.3 is 0 Å². The average Bonchev–Trinajstić information content (AvgIpc) is 3.27. The molecule has 3 heterocycles. The lowest BCUT2D eigenvalue weighted by molar-refractivity contribution is -0.122. The third-order valence-electron chi connectivity index (χ3n) is 5.51. The third-order valence-corrected chi connectivity index (χ3v) is 5.51. The van der Waals surface area contributed by atoms with E-state index in [4.69, 9.17) is 0 Å². The van der Waals surface area contributed by atoms with Crippen molar-refractivity contribution < 1.29 is 13.6 Å². The minimum atomic E-state index is -0.703. The van der Waals surface area contributed by atoms with Crippen LogP contribution in [0.1, 0.15) is 31.2 Å². The summed E-state index contributed by atoms with van der Waals surface area (Å²) < 4.78 is 26.9. The van der Waals surface area contributed by atoms with E-state index >= 15 is 0 Å². The van der Waals surface area contributed by atoms with Crippen LogP contribution in [0.25, 0.3) is 11.4 Å². The SMILES string of the molecule is O=C1N(c2cnc(-c3cc(F)cc(F)c3)nc2)c2ncncc2C12CCCC2. The van der Waals surface area contributed by atoms with Gasteiger partial charge in [0.1, 0.15) is 23.8 Å². The molecule has 0 bridgehead atoms. The smallest absolute Gasteiger partial charge is 0.243 e. The summed E-state index contributed by atoms with van der Waals surface area (Å²) in [6.45, 7) is 0. The van der Waals surface area contributed by atoms with Crippen molar-refractivity contribution in [3.8, 4) is 11.4 Å². The van der Waals surface area contributed by atoms with Gasteiger partial charge in [-0.1, -0.05) is 12.8 Å². The summed E-state index contributed by atoms with van der Waals surface area (Å²) in [7, 11) is 0. The first-order chi connectivity index (χ1) is 13.6. The molecule has 6 nitrogen and oxygen atoms in total. The second-order valence-corrected chi connectivity index (χ2v) is 7.11. The van der Waals surface area contributed by atoms with Gasteiger partial charge in [0.15, 0.2) is 5.82 Å². The molecule has 28 heavy (non-hydrogen) atoms. The molecule has 8 heteroatoms. The monoisotopic (exact) mass is 379 g/mol. The molecule has 1 fully saturated rings. The van der Waals surface area contributed by atoms with Gasteiger partial charge in [0.25, 0.3) is 0 Å². The number of hydrogen-bond acceptors (Lipinski definition) is 5. The van der Waals surface area contributed by atoms with E-state index < -0.39 is 17.0 Å². The molecule has 3 aromatic rings. The molecule has 0 N–H and O–H groups in total. The molecule has 1 spiro atoms. The Hall–Kier alpha value is -3.29. The predicted molar refractivity (Wildman–Crippen MR) is 96.7 cm³/mol. The topological polar surface area (TPSA) is 71.9 Å². The van der Waals surface area contributed by atoms with Crippen molar-refractivity contribution in [1.29, 1.82) is 0 Å². The van der Waals surface area contributed by atoms with E-state index in [1.807, 2.05) is 0 Å². The maximum atomic E-state index is 13.5. The van der Waals surface area contributed by atoms with Gasteiger partial charge in [-0.05, 0) is 25.0 Å². The lowest BCUT2D eigenvalue weighted by atomic mass is 9.81. The fraction of sp³-hybridized carbons (Fsp3) is 0.250. The van der Waals surface area contributed by atoms with E-state index in [1.165, 1.54) is 23.6 Å². The lowest BCUT2D eigenvalue weighted by Gasteiger charge is -2.22. The standard InChI is InChI=1S/C20H15F2N5O/c21-13-5-12(6-14(22)7-13)17-24-8-15(9-25-17)27-18-16(10-23-11-26-18)20(19(27)28)3-1-2-4-20/h5-11H,1-4H2. The van der Waals surface area contributed by atoms with Gasteiger partial charge in [0.05, 0.1) is 23.5 Å². The number of aromatic nitrogens is 4. The zero-order valence-corrected chi connectivity index (χ0v) is 14.8. The molecule has 1 aliphatic carbocycles. The number of fused-ring (bicyclic) bond motifs is 2. The van der Waals surface area contributed by atoms with Crippen LogP contribution < -0.4 is 4.90 Å². The Labute approximate surface area is 159 Å². The number of carbonyl (C=O) groups is 1. The summed E-state index contributed by atoms with van der Waals surface area (Å²) in [5.41, 5.74) is 0.955. The highest BCUT2D eigenvalue weighted by Crippen LogP contribution is 2.52. The molecule has 0 saturated heterocycles. The number of carbonyl (C=O) groups excluding carboxylic acids is 1. The number of anilines is 2. The first-order valence-corrected chi connectivity index (χ1v) is 9.02.